The second-order valence-electron chi connectivity index (χ2n) is 13.5. The fourth-order valence-corrected chi connectivity index (χ4v) is 8.59. The summed E-state index contributed by atoms with van der Waals surface area (Å²) in [4.78, 5) is 0. The monoisotopic (exact) mass is 573 g/mol. The van der Waals surface area contributed by atoms with Gasteiger partial charge >= 0.3 is 0 Å². The molecule has 0 amide bonds. The summed E-state index contributed by atoms with van der Waals surface area (Å²) in [5.74, 6) is 9.89. The topological polar surface area (TPSA) is 6.48 Å². The smallest absolute Gasteiger partial charge is 0.0362 e. The molecular weight excluding hydrogens is 508 g/mol. The van der Waals surface area contributed by atoms with Gasteiger partial charge in [0.25, 0.3) is 0 Å². The maximum atomic E-state index is 4.59. The van der Waals surface area contributed by atoms with Gasteiger partial charge < -0.3 is 0 Å². The van der Waals surface area contributed by atoms with Gasteiger partial charge in [-0.2, -0.15) is 0 Å². The second kappa shape index (κ2) is 17.2. The molecule has 2 rings (SSSR count). The van der Waals surface area contributed by atoms with Crippen molar-refractivity contribution in [2.24, 2.45) is 40.4 Å². The van der Waals surface area contributed by atoms with Gasteiger partial charge in [0.1, 0.15) is 0 Å². The van der Waals surface area contributed by atoms with Gasteiger partial charge in [0.05, 0.1) is 0 Å². The molecule has 0 aromatic rings. The van der Waals surface area contributed by atoms with Crippen molar-refractivity contribution >= 4 is 0 Å². The molecule has 2 nitrogen and oxygen atoms in total. The number of nitrogens with zero attached hydrogens (tertiary/aromatic N) is 2. The maximum absolute atomic E-state index is 4.59. The number of hydrogen-bond donors (Lipinski definition) is 0. The summed E-state index contributed by atoms with van der Waals surface area (Å²) in [5, 5.41) is 4.24. The predicted molar refractivity (Wildman–Crippen MR) is 186 cm³/mol. The minimum Gasteiger partial charge on any atom is -0.290 e. The second-order valence-corrected chi connectivity index (χ2v) is 13.5. The molecule has 0 aromatic heterocycles. The third kappa shape index (κ3) is 8.23. The van der Waals surface area contributed by atoms with Crippen LogP contribution in [0.3, 0.4) is 0 Å². The molecule has 0 bridgehead atoms. The van der Waals surface area contributed by atoms with E-state index in [2.05, 4.69) is 109 Å². The number of rotatable bonds is 17. The highest BCUT2D eigenvalue weighted by Crippen LogP contribution is 2.73. The lowest BCUT2D eigenvalue weighted by atomic mass is 9.33. The lowest BCUT2D eigenvalue weighted by Crippen LogP contribution is -2.64. The van der Waals surface area contributed by atoms with Crippen LogP contribution in [-0.2, 0) is 0 Å². The Morgan fingerprint density at radius 2 is 1.90 bits per heavy atom. The first-order valence-electron chi connectivity index (χ1n) is 16.8. The summed E-state index contributed by atoms with van der Waals surface area (Å²) in [5.41, 5.74) is 3.73. The van der Waals surface area contributed by atoms with Crippen LogP contribution in [0.25, 0.3) is 0 Å². The van der Waals surface area contributed by atoms with Gasteiger partial charge in [-0.3, -0.25) is 5.01 Å². The van der Waals surface area contributed by atoms with Crippen LogP contribution < -0.4 is 0 Å². The van der Waals surface area contributed by atoms with E-state index < -0.39 is 0 Å². The minimum atomic E-state index is 0.308. The summed E-state index contributed by atoms with van der Waals surface area (Å²) in [6, 6.07) is 0. The SMILES string of the molecule is C=CN(/C=C\C)N(C)C/C=C\C1CCC2(C(=C)C)C(C)C(C)(CCC(CC#CC)/C(=C\CC)C(C)CC/C=C\C)C2C1. The summed E-state index contributed by atoms with van der Waals surface area (Å²) < 4.78 is 0. The molecule has 234 valence electrons. The predicted octanol–water partition coefficient (Wildman–Crippen LogP) is 11.1. The molecule has 0 saturated heterocycles. The zero-order valence-electron chi connectivity index (χ0n) is 28.9. The summed E-state index contributed by atoms with van der Waals surface area (Å²) in [7, 11) is 2.12. The molecule has 2 aliphatic rings. The van der Waals surface area contributed by atoms with E-state index in [0.717, 1.165) is 25.8 Å². The number of hydrazine groups is 1. The summed E-state index contributed by atoms with van der Waals surface area (Å²) >= 11 is 0. The Morgan fingerprint density at radius 3 is 2.50 bits per heavy atom. The van der Waals surface area contributed by atoms with Crippen LogP contribution in [0, 0.1) is 52.3 Å². The molecule has 0 heterocycles. The lowest BCUT2D eigenvalue weighted by molar-refractivity contribution is -0.195. The van der Waals surface area contributed by atoms with Crippen LogP contribution in [0.5, 0.6) is 0 Å². The van der Waals surface area contributed by atoms with E-state index in [4.69, 9.17) is 0 Å². The van der Waals surface area contributed by atoms with E-state index in [1.54, 1.807) is 5.57 Å². The van der Waals surface area contributed by atoms with Crippen LogP contribution in [0.2, 0.25) is 0 Å². The Hall–Kier alpha value is -2.24. The highest BCUT2D eigenvalue weighted by Gasteiger charge is 2.66. The van der Waals surface area contributed by atoms with Crippen LogP contribution in [0.1, 0.15) is 113 Å². The van der Waals surface area contributed by atoms with Gasteiger partial charge in [0, 0.05) is 32.4 Å². The van der Waals surface area contributed by atoms with Crippen LogP contribution >= 0.6 is 0 Å². The zero-order valence-corrected chi connectivity index (χ0v) is 28.9. The average Bonchev–Trinajstić information content (AvgIpc) is 2.98. The Labute approximate surface area is 261 Å². The van der Waals surface area contributed by atoms with Crippen molar-refractivity contribution in [3.8, 4) is 11.8 Å². The minimum absolute atomic E-state index is 0.308. The van der Waals surface area contributed by atoms with Crippen molar-refractivity contribution in [2.75, 3.05) is 13.6 Å². The fourth-order valence-electron chi connectivity index (χ4n) is 8.59. The third-order valence-corrected chi connectivity index (χ3v) is 11.1. The number of fused-ring (bicyclic) bond motifs is 1. The van der Waals surface area contributed by atoms with Crippen LogP contribution in [0.15, 0.2) is 73.2 Å². The van der Waals surface area contributed by atoms with Crippen molar-refractivity contribution in [3.63, 3.8) is 0 Å². The van der Waals surface area contributed by atoms with Gasteiger partial charge in [-0.1, -0.05) is 88.5 Å². The van der Waals surface area contributed by atoms with Crippen molar-refractivity contribution < 1.29 is 0 Å². The van der Waals surface area contributed by atoms with Gasteiger partial charge in [0.2, 0.25) is 0 Å². The molecule has 0 spiro atoms. The quantitative estimate of drug-likeness (QED) is 0.0971. The molecule has 0 N–H and O–H groups in total. The van der Waals surface area contributed by atoms with E-state index in [1.807, 2.05) is 37.3 Å². The molecular formula is C40H64N2. The first-order chi connectivity index (χ1) is 20.1. The fraction of sp³-hybridized carbons (Fsp3) is 0.650. The number of allylic oxidation sites excluding steroid dienone is 7. The van der Waals surface area contributed by atoms with Crippen molar-refractivity contribution in [1.29, 1.82) is 0 Å². The Morgan fingerprint density at radius 1 is 1.17 bits per heavy atom. The van der Waals surface area contributed by atoms with E-state index in [1.165, 1.54) is 44.1 Å². The Balaban J connectivity index is 2.23. The molecule has 2 saturated carbocycles. The van der Waals surface area contributed by atoms with Gasteiger partial charge in [-0.05, 0) is 119 Å². The molecule has 0 aromatic carbocycles. The van der Waals surface area contributed by atoms with Gasteiger partial charge in [0.15, 0.2) is 0 Å². The normalized spacial score (nSPS) is 29.3. The summed E-state index contributed by atoms with van der Waals surface area (Å²) in [6.07, 6.45) is 28.7. The Kier molecular flexibility index (Phi) is 14.7. The largest absolute Gasteiger partial charge is 0.290 e. The molecule has 42 heavy (non-hydrogen) atoms. The zero-order chi connectivity index (χ0) is 31.3. The van der Waals surface area contributed by atoms with Crippen LogP contribution in [0.4, 0.5) is 0 Å². The molecule has 2 heteroatoms. The van der Waals surface area contributed by atoms with Gasteiger partial charge in [-0.25, -0.2) is 5.01 Å². The Bertz CT molecular complexity index is 1050. The van der Waals surface area contributed by atoms with E-state index >= 15 is 0 Å². The molecule has 2 aliphatic carbocycles. The third-order valence-electron chi connectivity index (χ3n) is 11.1. The van der Waals surface area contributed by atoms with Crippen LogP contribution in [-0.4, -0.2) is 23.6 Å². The molecule has 7 atom stereocenters. The van der Waals surface area contributed by atoms with Gasteiger partial charge in [-0.15, -0.1) is 11.8 Å². The highest BCUT2D eigenvalue weighted by molar-refractivity contribution is 5.27. The van der Waals surface area contributed by atoms with E-state index in [-0.39, 0.29) is 0 Å². The first kappa shape index (κ1) is 36.0. The molecule has 2 fully saturated rings. The summed E-state index contributed by atoms with van der Waals surface area (Å²) in [6.45, 7) is 27.8. The van der Waals surface area contributed by atoms with Crippen molar-refractivity contribution in [1.82, 2.24) is 10.0 Å². The highest BCUT2D eigenvalue weighted by atomic mass is 15.6. The number of hydrogen-bond acceptors (Lipinski definition) is 2. The van der Waals surface area contributed by atoms with Crippen molar-refractivity contribution in [2.45, 2.75) is 113 Å². The van der Waals surface area contributed by atoms with Crippen molar-refractivity contribution in [3.05, 3.63) is 73.2 Å². The standard InChI is InChI=1S/C40H64N2/c1-12-17-19-22-33(8)37(21-14-3)36(24-18-13-2)26-27-39(10)34(9)40(32(6)7)28-25-35(31-38(39)40)23-20-30-41(11)42(16-5)29-15-4/h12,15-17,20-21,23,29,33-36,38H,5-6,14,19,22,24-28,30-31H2,1-4,7-11H3/b17-12-,23-20-,29-15-,37-21-. The molecule has 0 aliphatic heterocycles. The molecule has 0 radical (unpaired) electrons. The number of likely N-dealkylation sites (N-methyl/N-ethyl adjacent to an activating group) is 1. The maximum Gasteiger partial charge on any atom is 0.0362 e. The lowest BCUT2D eigenvalue weighted by Gasteiger charge is -2.71. The average molecular weight is 573 g/mol. The molecule has 7 unspecified atom stereocenters. The van der Waals surface area contributed by atoms with E-state index in [9.17, 15) is 0 Å². The first-order valence-corrected chi connectivity index (χ1v) is 16.8. The van der Waals surface area contributed by atoms with E-state index in [0.29, 0.717) is 40.4 Å².